The van der Waals surface area contributed by atoms with Crippen LogP contribution in [0.3, 0.4) is 0 Å². The standard InChI is InChI=1S/C17H16Cl3NO2/c1-10(14-6-11(18)2-4-15(14)20)22-16-5-3-12(19)7-17(16)23-13-8-21-9-13/h2-7,10,13,21H,8-9H2,1H3. The van der Waals surface area contributed by atoms with E-state index in [0.29, 0.717) is 26.6 Å². The molecule has 1 N–H and O–H groups in total. The second kappa shape index (κ2) is 7.18. The number of halogens is 3. The molecule has 1 atom stereocenters. The minimum absolute atomic E-state index is 0.140. The third-order valence-corrected chi connectivity index (χ3v) is 4.46. The molecular weight excluding hydrogens is 357 g/mol. The molecule has 2 aromatic rings. The van der Waals surface area contributed by atoms with Crippen molar-refractivity contribution in [3.63, 3.8) is 0 Å². The molecule has 1 saturated heterocycles. The van der Waals surface area contributed by atoms with E-state index in [0.717, 1.165) is 18.7 Å². The Morgan fingerprint density at radius 3 is 2.39 bits per heavy atom. The molecule has 1 aliphatic rings. The van der Waals surface area contributed by atoms with Crippen LogP contribution >= 0.6 is 34.8 Å². The zero-order valence-corrected chi connectivity index (χ0v) is 14.8. The second-order valence-corrected chi connectivity index (χ2v) is 6.70. The van der Waals surface area contributed by atoms with E-state index in [1.54, 1.807) is 36.4 Å². The topological polar surface area (TPSA) is 30.5 Å². The van der Waals surface area contributed by atoms with Crippen molar-refractivity contribution < 1.29 is 9.47 Å². The fourth-order valence-corrected chi connectivity index (χ4v) is 2.89. The lowest BCUT2D eigenvalue weighted by atomic mass is 10.1. The largest absolute Gasteiger partial charge is 0.484 e. The molecule has 1 fully saturated rings. The molecule has 2 aromatic carbocycles. The van der Waals surface area contributed by atoms with Gasteiger partial charge in [0, 0.05) is 39.8 Å². The van der Waals surface area contributed by atoms with Gasteiger partial charge in [-0.25, -0.2) is 0 Å². The van der Waals surface area contributed by atoms with Crippen LogP contribution in [0.5, 0.6) is 11.5 Å². The van der Waals surface area contributed by atoms with Gasteiger partial charge in [0.2, 0.25) is 0 Å². The van der Waals surface area contributed by atoms with Crippen LogP contribution in [0.1, 0.15) is 18.6 Å². The van der Waals surface area contributed by atoms with Crippen molar-refractivity contribution in [3.05, 3.63) is 57.0 Å². The summed E-state index contributed by atoms with van der Waals surface area (Å²) in [5.74, 6) is 1.26. The molecule has 0 radical (unpaired) electrons. The van der Waals surface area contributed by atoms with Crippen molar-refractivity contribution in [1.82, 2.24) is 5.32 Å². The highest BCUT2D eigenvalue weighted by Crippen LogP contribution is 2.36. The summed E-state index contributed by atoms with van der Waals surface area (Å²) in [7, 11) is 0. The lowest BCUT2D eigenvalue weighted by molar-refractivity contribution is 0.129. The molecule has 122 valence electrons. The second-order valence-electron chi connectivity index (χ2n) is 5.42. The highest BCUT2D eigenvalue weighted by atomic mass is 35.5. The molecule has 23 heavy (non-hydrogen) atoms. The average Bonchev–Trinajstić information content (AvgIpc) is 2.47. The summed E-state index contributed by atoms with van der Waals surface area (Å²) in [5, 5.41) is 5.00. The van der Waals surface area contributed by atoms with Gasteiger partial charge in [-0.2, -0.15) is 0 Å². The monoisotopic (exact) mass is 371 g/mol. The fraction of sp³-hybridized carbons (Fsp3) is 0.294. The molecular formula is C17H16Cl3NO2. The molecule has 1 unspecified atom stereocenters. The summed E-state index contributed by atoms with van der Waals surface area (Å²) in [6.07, 6.45) is -0.134. The third kappa shape index (κ3) is 4.04. The Balaban J connectivity index is 1.82. The van der Waals surface area contributed by atoms with E-state index < -0.39 is 0 Å². The lowest BCUT2D eigenvalue weighted by Crippen LogP contribution is -2.50. The molecule has 0 aliphatic carbocycles. The Morgan fingerprint density at radius 2 is 1.70 bits per heavy atom. The van der Waals surface area contributed by atoms with Gasteiger partial charge in [-0.15, -0.1) is 0 Å². The van der Waals surface area contributed by atoms with E-state index >= 15 is 0 Å². The first-order chi connectivity index (χ1) is 11.0. The van der Waals surface area contributed by atoms with Crippen LogP contribution in [0.2, 0.25) is 15.1 Å². The molecule has 0 amide bonds. The molecule has 0 saturated carbocycles. The first-order valence-electron chi connectivity index (χ1n) is 7.31. The first-order valence-corrected chi connectivity index (χ1v) is 8.45. The Hall–Kier alpha value is -1.13. The van der Waals surface area contributed by atoms with Crippen molar-refractivity contribution in [1.29, 1.82) is 0 Å². The maximum atomic E-state index is 6.24. The van der Waals surface area contributed by atoms with Gasteiger partial charge in [0.25, 0.3) is 0 Å². The van der Waals surface area contributed by atoms with E-state index in [9.17, 15) is 0 Å². The van der Waals surface area contributed by atoms with Gasteiger partial charge in [0.1, 0.15) is 12.2 Å². The highest BCUT2D eigenvalue weighted by Gasteiger charge is 2.21. The zero-order chi connectivity index (χ0) is 16.4. The molecule has 1 aliphatic heterocycles. The van der Waals surface area contributed by atoms with Gasteiger partial charge in [-0.05, 0) is 37.3 Å². The smallest absolute Gasteiger partial charge is 0.163 e. The number of benzene rings is 2. The van der Waals surface area contributed by atoms with Crippen molar-refractivity contribution in [2.24, 2.45) is 0 Å². The predicted molar refractivity (Wildman–Crippen MR) is 94.2 cm³/mol. The molecule has 0 bridgehead atoms. The number of nitrogens with one attached hydrogen (secondary N) is 1. The molecule has 3 nitrogen and oxygen atoms in total. The maximum absolute atomic E-state index is 6.24. The Kier molecular flexibility index (Phi) is 5.22. The van der Waals surface area contributed by atoms with E-state index in [1.165, 1.54) is 0 Å². The lowest BCUT2D eigenvalue weighted by Gasteiger charge is -2.29. The van der Waals surface area contributed by atoms with E-state index in [1.807, 2.05) is 6.92 Å². The van der Waals surface area contributed by atoms with E-state index in [2.05, 4.69) is 5.32 Å². The summed E-state index contributed by atoms with van der Waals surface area (Å²) in [4.78, 5) is 0. The van der Waals surface area contributed by atoms with Crippen LogP contribution in [0.25, 0.3) is 0 Å². The van der Waals surface area contributed by atoms with E-state index in [-0.39, 0.29) is 12.2 Å². The number of hydrogen-bond donors (Lipinski definition) is 1. The molecule has 0 spiro atoms. The number of hydrogen-bond acceptors (Lipinski definition) is 3. The molecule has 0 aromatic heterocycles. The third-order valence-electron chi connectivity index (χ3n) is 3.64. The summed E-state index contributed by atoms with van der Waals surface area (Å²) >= 11 is 18.4. The quantitative estimate of drug-likeness (QED) is 0.788. The molecule has 6 heteroatoms. The zero-order valence-electron chi connectivity index (χ0n) is 12.5. The van der Waals surface area contributed by atoms with Crippen LogP contribution in [0, 0.1) is 0 Å². The van der Waals surface area contributed by atoms with Crippen molar-refractivity contribution >= 4 is 34.8 Å². The maximum Gasteiger partial charge on any atom is 0.163 e. The molecule has 3 rings (SSSR count). The van der Waals surface area contributed by atoms with Crippen molar-refractivity contribution in [2.45, 2.75) is 19.1 Å². The minimum Gasteiger partial charge on any atom is -0.484 e. The Labute approximate surface area is 150 Å². The Morgan fingerprint density at radius 1 is 1.00 bits per heavy atom. The Bertz CT molecular complexity index is 704. The highest BCUT2D eigenvalue weighted by molar-refractivity contribution is 6.33. The van der Waals surface area contributed by atoms with Gasteiger partial charge in [-0.3, -0.25) is 0 Å². The van der Waals surface area contributed by atoms with Gasteiger partial charge < -0.3 is 14.8 Å². The summed E-state index contributed by atoms with van der Waals surface area (Å²) in [6, 6.07) is 10.7. The summed E-state index contributed by atoms with van der Waals surface area (Å²) < 4.78 is 12.0. The van der Waals surface area contributed by atoms with Crippen LogP contribution in [0.4, 0.5) is 0 Å². The van der Waals surface area contributed by atoms with Gasteiger partial charge in [0.15, 0.2) is 11.5 Å². The molecule has 1 heterocycles. The van der Waals surface area contributed by atoms with Crippen LogP contribution in [-0.2, 0) is 0 Å². The van der Waals surface area contributed by atoms with Crippen molar-refractivity contribution in [2.75, 3.05) is 13.1 Å². The van der Waals surface area contributed by atoms with Gasteiger partial charge in [-0.1, -0.05) is 34.8 Å². The SMILES string of the molecule is CC(Oc1ccc(Cl)cc1OC1CNC1)c1cc(Cl)ccc1Cl. The van der Waals surface area contributed by atoms with Crippen LogP contribution in [0.15, 0.2) is 36.4 Å². The predicted octanol–water partition coefficient (Wildman–Crippen LogP) is 5.14. The number of rotatable bonds is 5. The first kappa shape index (κ1) is 16.7. The minimum atomic E-state index is -0.274. The summed E-state index contributed by atoms with van der Waals surface area (Å²) in [6.45, 7) is 3.56. The summed E-state index contributed by atoms with van der Waals surface area (Å²) in [5.41, 5.74) is 0.824. The van der Waals surface area contributed by atoms with Gasteiger partial charge >= 0.3 is 0 Å². The van der Waals surface area contributed by atoms with Crippen molar-refractivity contribution in [3.8, 4) is 11.5 Å². The van der Waals surface area contributed by atoms with Gasteiger partial charge in [0.05, 0.1) is 0 Å². The van der Waals surface area contributed by atoms with E-state index in [4.69, 9.17) is 44.3 Å². The van der Waals surface area contributed by atoms with Crippen LogP contribution in [-0.4, -0.2) is 19.2 Å². The van der Waals surface area contributed by atoms with Crippen LogP contribution < -0.4 is 14.8 Å². The normalized spacial score (nSPS) is 15.8. The average molecular weight is 373 g/mol. The number of ether oxygens (including phenoxy) is 2. The fourth-order valence-electron chi connectivity index (χ4n) is 2.28.